The highest BCUT2D eigenvalue weighted by atomic mass is 15.2. The third-order valence-corrected chi connectivity index (χ3v) is 4.34. The quantitative estimate of drug-likeness (QED) is 0.770. The Labute approximate surface area is 118 Å². The zero-order chi connectivity index (χ0) is 13.5. The zero-order valence-corrected chi connectivity index (χ0v) is 12.4. The second-order valence-corrected chi connectivity index (χ2v) is 5.62. The van der Waals surface area contributed by atoms with Crippen molar-refractivity contribution in [2.24, 2.45) is 5.92 Å². The summed E-state index contributed by atoms with van der Waals surface area (Å²) in [6.45, 7) is 8.99. The molecule has 106 valence electrons. The first-order valence-corrected chi connectivity index (χ1v) is 7.84. The minimum absolute atomic E-state index is 0.520. The number of hydrogen-bond acceptors (Lipinski definition) is 2. The molecule has 1 saturated carbocycles. The first-order chi connectivity index (χ1) is 9.35. The third-order valence-electron chi connectivity index (χ3n) is 4.34. The van der Waals surface area contributed by atoms with Gasteiger partial charge in [-0.05, 0) is 37.4 Å². The number of nitrogens with one attached hydrogen (secondary N) is 1. The van der Waals surface area contributed by atoms with Gasteiger partial charge in [0.25, 0.3) is 0 Å². The summed E-state index contributed by atoms with van der Waals surface area (Å²) in [5.41, 5.74) is 1.45. The van der Waals surface area contributed by atoms with Crippen molar-refractivity contribution in [1.29, 1.82) is 0 Å². The lowest BCUT2D eigenvalue weighted by Gasteiger charge is -2.37. The van der Waals surface area contributed by atoms with E-state index in [1.807, 2.05) is 0 Å². The molecule has 1 unspecified atom stereocenters. The molecule has 1 N–H and O–H groups in total. The van der Waals surface area contributed by atoms with Gasteiger partial charge >= 0.3 is 0 Å². The number of benzene rings is 1. The van der Waals surface area contributed by atoms with Crippen molar-refractivity contribution >= 4 is 0 Å². The van der Waals surface area contributed by atoms with Crippen LogP contribution in [0.15, 0.2) is 30.3 Å². The van der Waals surface area contributed by atoms with Crippen LogP contribution in [0.3, 0.4) is 0 Å². The summed E-state index contributed by atoms with van der Waals surface area (Å²) in [5, 5.41) is 3.53. The van der Waals surface area contributed by atoms with Crippen LogP contribution in [-0.2, 0) is 0 Å². The molecular formula is C17H28N2. The van der Waals surface area contributed by atoms with Crippen LogP contribution in [-0.4, -0.2) is 31.1 Å². The summed E-state index contributed by atoms with van der Waals surface area (Å²) in [4.78, 5) is 2.65. The molecule has 0 amide bonds. The predicted molar refractivity (Wildman–Crippen MR) is 82.3 cm³/mol. The highest BCUT2D eigenvalue weighted by molar-refractivity contribution is 5.19. The van der Waals surface area contributed by atoms with Crippen molar-refractivity contribution in [3.8, 4) is 0 Å². The minimum atomic E-state index is 0.520. The number of hydrogen-bond donors (Lipinski definition) is 1. The Morgan fingerprint density at radius 3 is 2.47 bits per heavy atom. The van der Waals surface area contributed by atoms with E-state index in [1.165, 1.54) is 31.4 Å². The molecule has 2 rings (SSSR count). The van der Waals surface area contributed by atoms with Crippen LogP contribution in [0.4, 0.5) is 0 Å². The third kappa shape index (κ3) is 4.05. The van der Waals surface area contributed by atoms with Gasteiger partial charge in [0.15, 0.2) is 0 Å². The average molecular weight is 260 g/mol. The van der Waals surface area contributed by atoms with Crippen LogP contribution in [0.1, 0.15) is 44.7 Å². The van der Waals surface area contributed by atoms with E-state index in [2.05, 4.69) is 54.4 Å². The molecule has 0 heterocycles. The highest BCUT2D eigenvalue weighted by Crippen LogP contribution is 2.30. The number of rotatable bonds is 8. The van der Waals surface area contributed by atoms with Crippen molar-refractivity contribution in [3.05, 3.63) is 35.9 Å². The van der Waals surface area contributed by atoms with Crippen molar-refractivity contribution < 1.29 is 0 Å². The van der Waals surface area contributed by atoms with Crippen molar-refractivity contribution in [1.82, 2.24) is 10.2 Å². The maximum Gasteiger partial charge on any atom is 0.0472 e. The Kier molecular flexibility index (Phi) is 5.87. The average Bonchev–Trinajstić information content (AvgIpc) is 2.41. The molecule has 0 aliphatic heterocycles. The van der Waals surface area contributed by atoms with Gasteiger partial charge in [-0.2, -0.15) is 0 Å². The van der Waals surface area contributed by atoms with E-state index in [0.29, 0.717) is 6.04 Å². The van der Waals surface area contributed by atoms with Crippen molar-refractivity contribution in [3.63, 3.8) is 0 Å². The summed E-state index contributed by atoms with van der Waals surface area (Å²) < 4.78 is 0. The maximum atomic E-state index is 3.53. The molecule has 1 aromatic carbocycles. The first kappa shape index (κ1) is 14.5. The molecule has 1 fully saturated rings. The smallest absolute Gasteiger partial charge is 0.0472 e. The summed E-state index contributed by atoms with van der Waals surface area (Å²) in [7, 11) is 0. The second kappa shape index (κ2) is 7.66. The van der Waals surface area contributed by atoms with Crippen molar-refractivity contribution in [2.75, 3.05) is 26.2 Å². The Hall–Kier alpha value is -0.860. The predicted octanol–water partition coefficient (Wildman–Crippen LogP) is 3.46. The first-order valence-electron chi connectivity index (χ1n) is 7.84. The van der Waals surface area contributed by atoms with E-state index in [9.17, 15) is 0 Å². The molecule has 1 aromatic rings. The van der Waals surface area contributed by atoms with Crippen molar-refractivity contribution in [2.45, 2.75) is 39.2 Å². The molecule has 0 radical (unpaired) electrons. The van der Waals surface area contributed by atoms with Crippen LogP contribution in [0.5, 0.6) is 0 Å². The van der Waals surface area contributed by atoms with Gasteiger partial charge in [0.2, 0.25) is 0 Å². The SMILES string of the molecule is CCNCC(c1ccccc1)N(CC)CC1CCC1. The molecule has 1 aliphatic carbocycles. The second-order valence-electron chi connectivity index (χ2n) is 5.62. The van der Waals surface area contributed by atoms with Gasteiger partial charge in [-0.15, -0.1) is 0 Å². The van der Waals surface area contributed by atoms with Crippen LogP contribution in [0.2, 0.25) is 0 Å². The van der Waals surface area contributed by atoms with Gasteiger partial charge in [0.05, 0.1) is 0 Å². The minimum Gasteiger partial charge on any atom is -0.315 e. The standard InChI is InChI=1S/C17H28N2/c1-3-18-13-17(16-11-6-5-7-12-16)19(4-2)14-15-9-8-10-15/h5-7,11-12,15,17-18H,3-4,8-10,13-14H2,1-2H3. The molecule has 0 aromatic heterocycles. The van der Waals surface area contributed by atoms with Crippen LogP contribution < -0.4 is 5.32 Å². The topological polar surface area (TPSA) is 15.3 Å². The zero-order valence-electron chi connectivity index (χ0n) is 12.4. The number of likely N-dealkylation sites (N-methyl/N-ethyl adjacent to an activating group) is 2. The van der Waals surface area contributed by atoms with E-state index in [1.54, 1.807) is 0 Å². The summed E-state index contributed by atoms with van der Waals surface area (Å²) in [6.07, 6.45) is 4.30. The van der Waals surface area contributed by atoms with Gasteiger partial charge in [0.1, 0.15) is 0 Å². The molecule has 1 atom stereocenters. The van der Waals surface area contributed by atoms with E-state index in [-0.39, 0.29) is 0 Å². The Bertz CT molecular complexity index is 346. The molecule has 0 spiro atoms. The monoisotopic (exact) mass is 260 g/mol. The highest BCUT2D eigenvalue weighted by Gasteiger charge is 2.25. The van der Waals surface area contributed by atoms with E-state index < -0.39 is 0 Å². The van der Waals surface area contributed by atoms with Gasteiger partial charge in [0, 0.05) is 19.1 Å². The van der Waals surface area contributed by atoms with Gasteiger partial charge in [-0.1, -0.05) is 50.6 Å². The fraction of sp³-hybridized carbons (Fsp3) is 0.647. The molecule has 2 heteroatoms. The Balaban J connectivity index is 2.05. The largest absolute Gasteiger partial charge is 0.315 e. The fourth-order valence-electron chi connectivity index (χ4n) is 2.90. The van der Waals surface area contributed by atoms with Crippen LogP contribution in [0, 0.1) is 5.92 Å². The lowest BCUT2D eigenvalue weighted by Crippen LogP contribution is -2.40. The lowest BCUT2D eigenvalue weighted by molar-refractivity contribution is 0.136. The molecule has 0 saturated heterocycles. The lowest BCUT2D eigenvalue weighted by atomic mass is 9.84. The summed E-state index contributed by atoms with van der Waals surface area (Å²) >= 11 is 0. The normalized spacial score (nSPS) is 17.4. The van der Waals surface area contributed by atoms with Crippen LogP contribution in [0.25, 0.3) is 0 Å². The van der Waals surface area contributed by atoms with Gasteiger partial charge in [-0.3, -0.25) is 4.90 Å². The van der Waals surface area contributed by atoms with E-state index >= 15 is 0 Å². The molecule has 1 aliphatic rings. The fourth-order valence-corrected chi connectivity index (χ4v) is 2.90. The maximum absolute atomic E-state index is 3.53. The van der Waals surface area contributed by atoms with Gasteiger partial charge in [-0.25, -0.2) is 0 Å². The van der Waals surface area contributed by atoms with Crippen LogP contribution >= 0.6 is 0 Å². The molecule has 19 heavy (non-hydrogen) atoms. The molecular weight excluding hydrogens is 232 g/mol. The van der Waals surface area contributed by atoms with Gasteiger partial charge < -0.3 is 5.32 Å². The molecule has 0 bridgehead atoms. The van der Waals surface area contributed by atoms with E-state index in [0.717, 1.165) is 25.6 Å². The Morgan fingerprint density at radius 2 is 1.95 bits per heavy atom. The Morgan fingerprint density at radius 1 is 1.21 bits per heavy atom. The summed E-state index contributed by atoms with van der Waals surface area (Å²) in [6, 6.07) is 11.5. The number of nitrogens with zero attached hydrogens (tertiary/aromatic N) is 1. The molecule has 2 nitrogen and oxygen atoms in total. The van der Waals surface area contributed by atoms with E-state index in [4.69, 9.17) is 0 Å². The summed E-state index contributed by atoms with van der Waals surface area (Å²) in [5.74, 6) is 0.938.